The minimum atomic E-state index is -4.60. The molecule has 0 unspecified atom stereocenters. The number of carboxylic acid groups (broad SMARTS) is 1. The van der Waals surface area contributed by atoms with E-state index in [0.717, 1.165) is 18.2 Å². The highest BCUT2D eigenvalue weighted by atomic mass is 32.2. The Bertz CT molecular complexity index is 892. The smallest absolute Gasteiger partial charge is 0.322 e. The molecule has 1 fully saturated rings. The first-order chi connectivity index (χ1) is 10.6. The molecule has 0 radical (unpaired) electrons. The standard InChI is InChI=1S/C13H10F3NO5S/c14-8-1-2-10-7(3-8)4-11(22-10)23(20,21)17-6-13(15,16)5-9(17)12(18)19/h1-4,9H,5-6H2,(H,18,19)/t9-/m0/s1. The first-order valence-electron chi connectivity index (χ1n) is 6.42. The van der Waals surface area contributed by atoms with Crippen LogP contribution in [0.2, 0.25) is 0 Å². The number of rotatable bonds is 3. The average molecular weight is 349 g/mol. The molecule has 1 aromatic carbocycles. The average Bonchev–Trinajstić information content (AvgIpc) is 2.99. The third-order valence-electron chi connectivity index (χ3n) is 3.53. The van der Waals surface area contributed by atoms with E-state index >= 15 is 0 Å². The van der Waals surface area contributed by atoms with Crippen molar-refractivity contribution in [2.24, 2.45) is 0 Å². The fourth-order valence-corrected chi connectivity index (χ4v) is 4.04. The fourth-order valence-electron chi connectivity index (χ4n) is 2.48. The van der Waals surface area contributed by atoms with E-state index in [9.17, 15) is 26.4 Å². The molecule has 124 valence electrons. The SMILES string of the molecule is O=C(O)[C@@H]1CC(F)(F)CN1S(=O)(=O)c1cc2cc(F)ccc2o1. The van der Waals surface area contributed by atoms with Crippen LogP contribution in [0.4, 0.5) is 13.2 Å². The number of aliphatic carboxylic acids is 1. The second kappa shape index (κ2) is 4.96. The summed E-state index contributed by atoms with van der Waals surface area (Å²) in [4.78, 5) is 11.1. The molecule has 1 aromatic heterocycles. The van der Waals surface area contributed by atoms with E-state index in [2.05, 4.69) is 0 Å². The summed E-state index contributed by atoms with van der Waals surface area (Å²) >= 11 is 0. The Morgan fingerprint density at radius 1 is 1.35 bits per heavy atom. The number of hydrogen-bond acceptors (Lipinski definition) is 4. The van der Waals surface area contributed by atoms with Crippen molar-refractivity contribution in [2.45, 2.75) is 23.5 Å². The number of furan rings is 1. The number of nitrogens with zero attached hydrogens (tertiary/aromatic N) is 1. The molecule has 1 saturated heterocycles. The van der Waals surface area contributed by atoms with Gasteiger partial charge in [0.2, 0.25) is 5.09 Å². The largest absolute Gasteiger partial charge is 0.480 e. The molecule has 0 bridgehead atoms. The Balaban J connectivity index is 2.07. The van der Waals surface area contributed by atoms with Crippen molar-refractivity contribution >= 4 is 27.0 Å². The zero-order valence-corrected chi connectivity index (χ0v) is 12.2. The zero-order valence-electron chi connectivity index (χ0n) is 11.4. The number of hydrogen-bond donors (Lipinski definition) is 1. The van der Waals surface area contributed by atoms with Crippen LogP contribution in [0.5, 0.6) is 0 Å². The predicted molar refractivity (Wildman–Crippen MR) is 71.1 cm³/mol. The molecule has 1 aliphatic rings. The third-order valence-corrected chi connectivity index (χ3v) is 5.24. The van der Waals surface area contributed by atoms with E-state index in [4.69, 9.17) is 9.52 Å². The highest BCUT2D eigenvalue weighted by molar-refractivity contribution is 7.89. The summed E-state index contributed by atoms with van der Waals surface area (Å²) in [7, 11) is -4.60. The van der Waals surface area contributed by atoms with Gasteiger partial charge in [-0.05, 0) is 18.2 Å². The molecule has 6 nitrogen and oxygen atoms in total. The normalized spacial score (nSPS) is 21.8. The predicted octanol–water partition coefficient (Wildman–Crippen LogP) is 2.05. The highest BCUT2D eigenvalue weighted by Gasteiger charge is 2.53. The molecule has 0 saturated carbocycles. The second-order valence-corrected chi connectivity index (χ2v) is 7.03. The molecule has 0 spiro atoms. The van der Waals surface area contributed by atoms with Crippen molar-refractivity contribution in [3.63, 3.8) is 0 Å². The Kier molecular flexibility index (Phi) is 3.41. The maximum atomic E-state index is 13.5. The van der Waals surface area contributed by atoms with Gasteiger partial charge in [-0.25, -0.2) is 21.6 Å². The highest BCUT2D eigenvalue weighted by Crippen LogP contribution is 2.37. The molecule has 1 atom stereocenters. The van der Waals surface area contributed by atoms with Gasteiger partial charge in [0.25, 0.3) is 15.9 Å². The van der Waals surface area contributed by atoms with Crippen LogP contribution in [0.3, 0.4) is 0 Å². The van der Waals surface area contributed by atoms with Crippen LogP contribution in [0, 0.1) is 5.82 Å². The third kappa shape index (κ3) is 2.68. The lowest BCUT2D eigenvalue weighted by Gasteiger charge is -2.18. The number of alkyl halides is 2. The molecule has 23 heavy (non-hydrogen) atoms. The minimum absolute atomic E-state index is 0.0443. The molecule has 1 aliphatic heterocycles. The van der Waals surface area contributed by atoms with Crippen LogP contribution in [0.15, 0.2) is 33.8 Å². The van der Waals surface area contributed by atoms with E-state index < -0.39 is 51.8 Å². The summed E-state index contributed by atoms with van der Waals surface area (Å²) in [5.41, 5.74) is 0.0443. The summed E-state index contributed by atoms with van der Waals surface area (Å²) in [6.07, 6.45) is -1.11. The summed E-state index contributed by atoms with van der Waals surface area (Å²) in [5.74, 6) is -5.75. The van der Waals surface area contributed by atoms with Gasteiger partial charge in [-0.2, -0.15) is 4.31 Å². The Labute approximate surface area is 128 Å². The van der Waals surface area contributed by atoms with Crippen molar-refractivity contribution in [3.8, 4) is 0 Å². The summed E-state index contributed by atoms with van der Waals surface area (Å²) < 4.78 is 70.2. The first-order valence-corrected chi connectivity index (χ1v) is 7.86. The number of benzene rings is 1. The number of fused-ring (bicyclic) bond motifs is 1. The van der Waals surface area contributed by atoms with Crippen LogP contribution >= 0.6 is 0 Å². The van der Waals surface area contributed by atoms with Gasteiger partial charge >= 0.3 is 5.97 Å². The van der Waals surface area contributed by atoms with Crippen LogP contribution < -0.4 is 0 Å². The van der Waals surface area contributed by atoms with Crippen LogP contribution in [-0.4, -0.2) is 42.3 Å². The molecule has 2 aromatic rings. The van der Waals surface area contributed by atoms with Crippen molar-refractivity contribution in [3.05, 3.63) is 30.1 Å². The van der Waals surface area contributed by atoms with Gasteiger partial charge in [0.1, 0.15) is 17.4 Å². The van der Waals surface area contributed by atoms with Crippen molar-refractivity contribution < 1.29 is 35.9 Å². The minimum Gasteiger partial charge on any atom is -0.480 e. The number of carboxylic acids is 1. The van der Waals surface area contributed by atoms with Crippen molar-refractivity contribution in [1.82, 2.24) is 4.31 Å². The van der Waals surface area contributed by atoms with E-state index in [1.807, 2.05) is 0 Å². The monoisotopic (exact) mass is 349 g/mol. The maximum absolute atomic E-state index is 13.5. The van der Waals surface area contributed by atoms with Crippen LogP contribution in [0.1, 0.15) is 6.42 Å². The van der Waals surface area contributed by atoms with Crippen molar-refractivity contribution in [2.75, 3.05) is 6.54 Å². The fraction of sp³-hybridized carbons (Fsp3) is 0.308. The lowest BCUT2D eigenvalue weighted by molar-refractivity contribution is -0.141. The summed E-state index contributed by atoms with van der Waals surface area (Å²) in [6, 6.07) is 2.34. The van der Waals surface area contributed by atoms with Gasteiger partial charge in [-0.15, -0.1) is 0 Å². The molecule has 0 amide bonds. The van der Waals surface area contributed by atoms with Crippen molar-refractivity contribution in [1.29, 1.82) is 0 Å². The van der Waals surface area contributed by atoms with E-state index in [0.29, 0.717) is 0 Å². The van der Waals surface area contributed by atoms with Gasteiger partial charge in [0.15, 0.2) is 0 Å². The molecule has 2 heterocycles. The molecule has 0 aliphatic carbocycles. The summed E-state index contributed by atoms with van der Waals surface area (Å²) in [5, 5.41) is 8.40. The molecule has 1 N–H and O–H groups in total. The maximum Gasteiger partial charge on any atom is 0.322 e. The molecule has 3 rings (SSSR count). The first kappa shape index (κ1) is 15.8. The lowest BCUT2D eigenvalue weighted by atomic mass is 10.2. The Hall–Kier alpha value is -2.07. The van der Waals surface area contributed by atoms with E-state index in [1.54, 1.807) is 0 Å². The Morgan fingerprint density at radius 3 is 2.70 bits per heavy atom. The van der Waals surface area contributed by atoms with Crippen LogP contribution in [0.25, 0.3) is 11.0 Å². The topological polar surface area (TPSA) is 87.8 Å². The molecule has 10 heteroatoms. The number of halogens is 3. The van der Waals surface area contributed by atoms with Gasteiger partial charge in [0, 0.05) is 17.9 Å². The zero-order chi connectivity index (χ0) is 17.0. The Morgan fingerprint density at radius 2 is 2.04 bits per heavy atom. The van der Waals surface area contributed by atoms with Gasteiger partial charge in [-0.3, -0.25) is 4.79 Å². The number of sulfonamides is 1. The second-order valence-electron chi connectivity index (χ2n) is 5.21. The summed E-state index contributed by atoms with van der Waals surface area (Å²) in [6.45, 7) is -1.25. The van der Waals surface area contributed by atoms with E-state index in [1.165, 1.54) is 6.07 Å². The molecular formula is C13H10F3NO5S. The van der Waals surface area contributed by atoms with Gasteiger partial charge < -0.3 is 9.52 Å². The van der Waals surface area contributed by atoms with Gasteiger partial charge in [0.05, 0.1) is 6.54 Å². The lowest BCUT2D eigenvalue weighted by Crippen LogP contribution is -2.40. The quantitative estimate of drug-likeness (QED) is 0.916. The van der Waals surface area contributed by atoms with E-state index in [-0.39, 0.29) is 15.3 Å². The number of carbonyl (C=O) groups is 1. The van der Waals surface area contributed by atoms with Crippen LogP contribution in [-0.2, 0) is 14.8 Å². The van der Waals surface area contributed by atoms with Gasteiger partial charge in [-0.1, -0.05) is 0 Å². The molecular weight excluding hydrogens is 339 g/mol.